The first kappa shape index (κ1) is 21.4. The molecule has 0 aromatic carbocycles. The summed E-state index contributed by atoms with van der Waals surface area (Å²) in [5.41, 5.74) is 2.03. The second-order valence-electron chi connectivity index (χ2n) is 7.78. The first-order valence-electron chi connectivity index (χ1n) is 9.28. The number of alkyl carbamates (subject to hydrolysis) is 1. The molecule has 0 aromatic rings. The summed E-state index contributed by atoms with van der Waals surface area (Å²) in [6, 6.07) is -1.71. The summed E-state index contributed by atoms with van der Waals surface area (Å²) in [5.74, 6) is -1.41. The van der Waals surface area contributed by atoms with Crippen molar-refractivity contribution in [2.24, 2.45) is 0 Å². The number of carbonyl (C=O) groups is 3. The van der Waals surface area contributed by atoms with Gasteiger partial charge in [0.1, 0.15) is 17.7 Å². The van der Waals surface area contributed by atoms with Crippen LogP contribution in [0.5, 0.6) is 0 Å². The van der Waals surface area contributed by atoms with Crippen LogP contribution in [0.3, 0.4) is 0 Å². The number of rotatable bonds is 5. The quantitative estimate of drug-likeness (QED) is 0.513. The van der Waals surface area contributed by atoms with Crippen molar-refractivity contribution in [3.8, 4) is 0 Å². The van der Waals surface area contributed by atoms with Gasteiger partial charge in [-0.15, -0.1) is 0 Å². The number of nitrogens with one attached hydrogen (secondary N) is 3. The molecule has 0 saturated carbocycles. The number of ether oxygens (including phenoxy) is 2. The van der Waals surface area contributed by atoms with Gasteiger partial charge in [-0.2, -0.15) is 0 Å². The highest BCUT2D eigenvalue weighted by atomic mass is 16.6. The van der Waals surface area contributed by atoms with Crippen molar-refractivity contribution in [2.45, 2.75) is 63.8 Å². The van der Waals surface area contributed by atoms with Crippen molar-refractivity contribution in [3.05, 3.63) is 0 Å². The number of hydrogen-bond donors (Lipinski definition) is 4. The van der Waals surface area contributed by atoms with Crippen LogP contribution >= 0.6 is 0 Å². The molecule has 10 heteroatoms. The lowest BCUT2D eigenvalue weighted by atomic mass is 10.1. The van der Waals surface area contributed by atoms with Gasteiger partial charge in [-0.1, -0.05) is 0 Å². The molecule has 2 amide bonds. The van der Waals surface area contributed by atoms with Crippen LogP contribution in [-0.4, -0.2) is 78.1 Å². The maximum Gasteiger partial charge on any atom is 0.408 e. The fraction of sp³-hybridized carbons (Fsp3) is 0.824. The van der Waals surface area contributed by atoms with E-state index in [4.69, 9.17) is 9.47 Å². The van der Waals surface area contributed by atoms with Gasteiger partial charge in [-0.3, -0.25) is 14.6 Å². The molecule has 2 rings (SSSR count). The van der Waals surface area contributed by atoms with Gasteiger partial charge in [0.2, 0.25) is 0 Å². The smallest absolute Gasteiger partial charge is 0.408 e. The standard InChI is InChI=1S/C17H30N4O6/c1-17(2,3)27-16(25)19-13(9-11-10-18-6-8-26-11)14(22)21-7-4-5-12(20-21)15(23)24/h11-13,18,20H,4-10H2,1-3H3,(H,19,25)(H,23,24). The van der Waals surface area contributed by atoms with Crippen LogP contribution in [0, 0.1) is 0 Å². The van der Waals surface area contributed by atoms with E-state index in [9.17, 15) is 19.5 Å². The van der Waals surface area contributed by atoms with Crippen molar-refractivity contribution < 1.29 is 29.0 Å². The molecule has 2 fully saturated rings. The van der Waals surface area contributed by atoms with Gasteiger partial charge in [0, 0.05) is 26.1 Å². The molecular weight excluding hydrogens is 356 g/mol. The third-order valence-corrected chi connectivity index (χ3v) is 4.24. The maximum absolute atomic E-state index is 13.0. The highest BCUT2D eigenvalue weighted by Gasteiger charge is 2.34. The molecule has 0 radical (unpaired) electrons. The van der Waals surface area contributed by atoms with Gasteiger partial charge in [0.25, 0.3) is 5.91 Å². The number of nitrogens with zero attached hydrogens (tertiary/aromatic N) is 1. The second-order valence-corrected chi connectivity index (χ2v) is 7.78. The predicted octanol–water partition coefficient (Wildman–Crippen LogP) is -0.162. The zero-order valence-corrected chi connectivity index (χ0v) is 16.1. The minimum atomic E-state index is -1.01. The molecule has 0 aliphatic carbocycles. The Hall–Kier alpha value is -1.91. The number of hydrazine groups is 1. The Morgan fingerprint density at radius 2 is 2.11 bits per heavy atom. The van der Waals surface area contributed by atoms with Crippen molar-refractivity contribution >= 4 is 18.0 Å². The van der Waals surface area contributed by atoms with Gasteiger partial charge in [0.05, 0.1) is 12.7 Å². The molecule has 10 nitrogen and oxygen atoms in total. The minimum absolute atomic E-state index is 0.234. The predicted molar refractivity (Wildman–Crippen MR) is 95.9 cm³/mol. The lowest BCUT2D eigenvalue weighted by Crippen LogP contribution is -2.60. The van der Waals surface area contributed by atoms with Crippen molar-refractivity contribution in [2.75, 3.05) is 26.2 Å². The van der Waals surface area contributed by atoms with Crippen molar-refractivity contribution in [1.82, 2.24) is 21.1 Å². The molecule has 3 atom stereocenters. The molecule has 2 aliphatic rings. The Bertz CT molecular complexity index is 544. The Balaban J connectivity index is 2.05. The number of carboxylic acid groups (broad SMARTS) is 1. The minimum Gasteiger partial charge on any atom is -0.480 e. The largest absolute Gasteiger partial charge is 0.480 e. The van der Waals surface area contributed by atoms with Crippen LogP contribution in [0.25, 0.3) is 0 Å². The average Bonchev–Trinajstić information content (AvgIpc) is 2.60. The third-order valence-electron chi connectivity index (χ3n) is 4.24. The zero-order valence-electron chi connectivity index (χ0n) is 16.1. The first-order chi connectivity index (χ1) is 12.7. The number of carboxylic acids is 1. The lowest BCUT2D eigenvalue weighted by molar-refractivity contribution is -0.148. The van der Waals surface area contributed by atoms with Crippen LogP contribution < -0.4 is 16.1 Å². The molecule has 2 heterocycles. The summed E-state index contributed by atoms with van der Waals surface area (Å²) in [5, 5.41) is 16.3. The van der Waals surface area contributed by atoms with E-state index < -0.39 is 35.7 Å². The molecule has 0 bridgehead atoms. The monoisotopic (exact) mass is 386 g/mol. The van der Waals surface area contributed by atoms with Crippen molar-refractivity contribution in [1.29, 1.82) is 0 Å². The molecule has 0 spiro atoms. The van der Waals surface area contributed by atoms with Crippen LogP contribution in [-0.2, 0) is 19.1 Å². The van der Waals surface area contributed by atoms with Gasteiger partial charge in [-0.25, -0.2) is 10.2 Å². The summed E-state index contributed by atoms with van der Waals surface area (Å²) >= 11 is 0. The summed E-state index contributed by atoms with van der Waals surface area (Å²) in [6.07, 6.45) is 0.343. The molecule has 154 valence electrons. The fourth-order valence-electron chi connectivity index (χ4n) is 3.02. The SMILES string of the molecule is CC(C)(C)OC(=O)NC(CC1CNCCO1)C(=O)N1CCCC(C(=O)O)N1. The number of amides is 2. The fourth-order valence-corrected chi connectivity index (χ4v) is 3.02. The highest BCUT2D eigenvalue weighted by molar-refractivity contribution is 5.86. The van der Waals surface area contributed by atoms with E-state index in [0.717, 1.165) is 6.54 Å². The summed E-state index contributed by atoms with van der Waals surface area (Å²) in [7, 11) is 0. The van der Waals surface area contributed by atoms with Gasteiger partial charge < -0.3 is 25.2 Å². The van der Waals surface area contributed by atoms with Crippen LogP contribution in [0.2, 0.25) is 0 Å². The van der Waals surface area contributed by atoms with Crippen LogP contribution in [0.4, 0.5) is 4.79 Å². The summed E-state index contributed by atoms with van der Waals surface area (Å²) in [6.45, 7) is 7.43. The summed E-state index contributed by atoms with van der Waals surface area (Å²) < 4.78 is 10.9. The molecule has 27 heavy (non-hydrogen) atoms. The second kappa shape index (κ2) is 9.34. The Morgan fingerprint density at radius 3 is 2.70 bits per heavy atom. The third kappa shape index (κ3) is 6.96. The molecule has 3 unspecified atom stereocenters. The number of morpholine rings is 1. The molecule has 4 N–H and O–H groups in total. The van der Waals surface area contributed by atoms with Crippen LogP contribution in [0.15, 0.2) is 0 Å². The Labute approximate surface area is 158 Å². The van der Waals surface area contributed by atoms with Gasteiger partial charge >= 0.3 is 12.1 Å². The number of carbonyl (C=O) groups excluding carboxylic acids is 2. The molecule has 2 aliphatic heterocycles. The van der Waals surface area contributed by atoms with Crippen LogP contribution in [0.1, 0.15) is 40.0 Å². The number of hydrogen-bond acceptors (Lipinski definition) is 7. The average molecular weight is 386 g/mol. The van der Waals surface area contributed by atoms with Gasteiger partial charge in [-0.05, 0) is 33.6 Å². The topological polar surface area (TPSA) is 129 Å². The Morgan fingerprint density at radius 1 is 1.37 bits per heavy atom. The lowest BCUT2D eigenvalue weighted by Gasteiger charge is -2.35. The van der Waals surface area contributed by atoms with E-state index in [-0.39, 0.29) is 12.5 Å². The van der Waals surface area contributed by atoms with E-state index >= 15 is 0 Å². The molecule has 2 saturated heterocycles. The van der Waals surface area contributed by atoms with E-state index in [2.05, 4.69) is 16.1 Å². The highest BCUT2D eigenvalue weighted by Crippen LogP contribution is 2.14. The van der Waals surface area contributed by atoms with Gasteiger partial charge in [0.15, 0.2) is 0 Å². The maximum atomic E-state index is 13.0. The summed E-state index contributed by atoms with van der Waals surface area (Å²) in [4.78, 5) is 36.4. The zero-order chi connectivity index (χ0) is 20.0. The van der Waals surface area contributed by atoms with E-state index in [1.54, 1.807) is 20.8 Å². The Kier molecular flexibility index (Phi) is 7.40. The molecular formula is C17H30N4O6. The van der Waals surface area contributed by atoms with E-state index in [0.29, 0.717) is 32.5 Å². The number of aliphatic carboxylic acids is 1. The van der Waals surface area contributed by atoms with E-state index in [1.165, 1.54) is 5.01 Å². The normalized spacial score (nSPS) is 24.8. The van der Waals surface area contributed by atoms with E-state index in [1.807, 2.05) is 0 Å². The molecule has 0 aromatic heterocycles. The first-order valence-corrected chi connectivity index (χ1v) is 9.28. The van der Waals surface area contributed by atoms with Crippen molar-refractivity contribution in [3.63, 3.8) is 0 Å².